The third-order valence-electron chi connectivity index (χ3n) is 5.50. The first-order valence-electron chi connectivity index (χ1n) is 9.66. The predicted octanol–water partition coefficient (Wildman–Crippen LogP) is 1.51. The molecule has 1 unspecified atom stereocenters. The van der Waals surface area contributed by atoms with Crippen molar-refractivity contribution >= 4 is 35.5 Å². The van der Waals surface area contributed by atoms with Gasteiger partial charge in [0.2, 0.25) is 0 Å². The highest BCUT2D eigenvalue weighted by molar-refractivity contribution is 8.07. The Morgan fingerprint density at radius 1 is 1.30 bits per heavy atom. The summed E-state index contributed by atoms with van der Waals surface area (Å²) in [6, 6.07) is 6.94. The minimum atomic E-state index is -3.48. The Bertz CT molecular complexity index is 1250. The highest BCUT2D eigenvalue weighted by atomic mass is 32.5. The lowest BCUT2D eigenvalue weighted by molar-refractivity contribution is -0.192. The van der Waals surface area contributed by atoms with Crippen LogP contribution in [0, 0.1) is 0 Å². The number of hydrogen-bond donors (Lipinski definition) is 3. The van der Waals surface area contributed by atoms with Gasteiger partial charge in [0.25, 0.3) is 6.43 Å². The summed E-state index contributed by atoms with van der Waals surface area (Å²) in [5.41, 5.74) is 4.17. The molecule has 5 atom stereocenters. The quantitative estimate of drug-likeness (QED) is 0.437. The number of nitrogens with zero attached hydrogens (tertiary/aromatic N) is 4. The summed E-state index contributed by atoms with van der Waals surface area (Å²) in [5, 5.41) is 21.2. The highest BCUT2D eigenvalue weighted by Crippen LogP contribution is 2.56. The number of alkyl halides is 2. The van der Waals surface area contributed by atoms with Crippen LogP contribution in [-0.4, -0.2) is 60.6 Å². The Balaban J connectivity index is 1.42. The zero-order valence-electron chi connectivity index (χ0n) is 16.7. The molecule has 33 heavy (non-hydrogen) atoms. The monoisotopic (exact) mass is 501 g/mol. The number of aliphatic hydroxyl groups is 2. The zero-order valence-corrected chi connectivity index (χ0v) is 18.4. The van der Waals surface area contributed by atoms with Gasteiger partial charge < -0.3 is 25.2 Å². The molecule has 1 saturated heterocycles. The zero-order chi connectivity index (χ0) is 23.4. The van der Waals surface area contributed by atoms with E-state index in [9.17, 15) is 19.0 Å². The van der Waals surface area contributed by atoms with Crippen molar-refractivity contribution in [2.45, 2.75) is 37.1 Å². The summed E-state index contributed by atoms with van der Waals surface area (Å²) >= 11 is 5.31. The van der Waals surface area contributed by atoms with Gasteiger partial charge in [0.05, 0.1) is 19.5 Å². The van der Waals surface area contributed by atoms with Gasteiger partial charge in [-0.1, -0.05) is 18.2 Å². The van der Waals surface area contributed by atoms with Gasteiger partial charge in [0.15, 0.2) is 23.3 Å². The molecule has 0 amide bonds. The molecule has 0 spiro atoms. The smallest absolute Gasteiger partial charge is 0.381 e. The molecule has 2 aliphatic heterocycles. The summed E-state index contributed by atoms with van der Waals surface area (Å²) < 4.78 is 51.9. The summed E-state index contributed by atoms with van der Waals surface area (Å²) in [6.45, 7) is -4.31. The van der Waals surface area contributed by atoms with Gasteiger partial charge in [-0.2, -0.15) is 0 Å². The molecule has 0 saturated carbocycles. The molecule has 5 rings (SSSR count). The van der Waals surface area contributed by atoms with Crippen LogP contribution >= 0.6 is 6.72 Å². The van der Waals surface area contributed by atoms with E-state index in [0.29, 0.717) is 5.75 Å². The number of para-hydroxylation sites is 1. The van der Waals surface area contributed by atoms with Gasteiger partial charge in [0, 0.05) is 17.4 Å². The average molecular weight is 501 g/mol. The minimum absolute atomic E-state index is 0.0555. The van der Waals surface area contributed by atoms with E-state index < -0.39 is 43.8 Å². The van der Waals surface area contributed by atoms with Crippen LogP contribution in [0.3, 0.4) is 0 Å². The van der Waals surface area contributed by atoms with Crippen molar-refractivity contribution < 1.29 is 37.3 Å². The maximum Gasteiger partial charge on any atom is 0.381 e. The van der Waals surface area contributed by atoms with Gasteiger partial charge >= 0.3 is 6.72 Å². The number of nitrogen functional groups attached to an aromatic ring is 1. The number of rotatable bonds is 5. The van der Waals surface area contributed by atoms with E-state index in [2.05, 4.69) is 15.0 Å². The molecule has 4 N–H and O–H groups in total. The fourth-order valence-corrected chi connectivity index (χ4v) is 5.51. The van der Waals surface area contributed by atoms with Crippen molar-refractivity contribution in [2.24, 2.45) is 0 Å². The Morgan fingerprint density at radius 3 is 2.88 bits per heavy atom. The largest absolute Gasteiger partial charge is 0.424 e. The summed E-state index contributed by atoms with van der Waals surface area (Å²) in [7, 11) is 0. The molecular formula is C18H18F2N5O6PS. The SMILES string of the molecule is Nc1ncnc2c1ncn2[C@H]1O[C@](COP2(=S)OCc3ccccc3O2)(C(F)F)[C@H](O)[C@@H]1O. The molecular weight excluding hydrogens is 483 g/mol. The summed E-state index contributed by atoms with van der Waals surface area (Å²) in [4.78, 5) is 11.9. The van der Waals surface area contributed by atoms with E-state index in [1.807, 2.05) is 0 Å². The van der Waals surface area contributed by atoms with Crippen LogP contribution in [0.5, 0.6) is 5.75 Å². The van der Waals surface area contributed by atoms with Crippen LogP contribution in [0.2, 0.25) is 0 Å². The molecule has 0 radical (unpaired) electrons. The molecule has 176 valence electrons. The Morgan fingerprint density at radius 2 is 2.09 bits per heavy atom. The van der Waals surface area contributed by atoms with Crippen LogP contribution in [0.4, 0.5) is 14.6 Å². The van der Waals surface area contributed by atoms with Gasteiger partial charge in [0.1, 0.15) is 29.8 Å². The van der Waals surface area contributed by atoms with Crippen molar-refractivity contribution in [3.8, 4) is 5.75 Å². The molecule has 4 heterocycles. The molecule has 1 fully saturated rings. The number of aliphatic hydroxyl groups excluding tert-OH is 2. The first-order chi connectivity index (χ1) is 15.7. The van der Waals surface area contributed by atoms with Gasteiger partial charge in [-0.3, -0.25) is 13.6 Å². The second kappa shape index (κ2) is 8.17. The summed E-state index contributed by atoms with van der Waals surface area (Å²) in [6.07, 6.45) is -6.20. The van der Waals surface area contributed by atoms with Gasteiger partial charge in [-0.15, -0.1) is 0 Å². The number of hydrogen-bond acceptors (Lipinski definition) is 11. The van der Waals surface area contributed by atoms with Crippen LogP contribution < -0.4 is 10.3 Å². The van der Waals surface area contributed by atoms with E-state index in [-0.39, 0.29) is 23.6 Å². The molecule has 3 aromatic rings. The molecule has 2 aromatic heterocycles. The second-order valence-corrected chi connectivity index (χ2v) is 10.4. The van der Waals surface area contributed by atoms with Crippen molar-refractivity contribution in [2.75, 3.05) is 12.3 Å². The van der Waals surface area contributed by atoms with E-state index in [4.69, 9.17) is 35.8 Å². The lowest BCUT2D eigenvalue weighted by Gasteiger charge is -2.34. The minimum Gasteiger partial charge on any atom is -0.424 e. The van der Waals surface area contributed by atoms with Crippen LogP contribution in [0.15, 0.2) is 36.9 Å². The molecule has 11 nitrogen and oxygen atoms in total. The fraction of sp³-hybridized carbons (Fsp3) is 0.389. The van der Waals surface area contributed by atoms with E-state index in [1.165, 1.54) is 10.9 Å². The third kappa shape index (κ3) is 3.67. The topological polar surface area (TPSA) is 147 Å². The highest BCUT2D eigenvalue weighted by Gasteiger charge is 2.61. The maximum absolute atomic E-state index is 14.3. The number of fused-ring (bicyclic) bond motifs is 2. The number of aromatic nitrogens is 4. The standard InChI is InChI=1S/C18H18F2N5O6PS/c19-17(20)18(6-29-32(33)28-5-9-3-1-2-4-10(9)31-32)13(27)12(26)16(30-18)25-8-24-11-14(21)22-7-23-15(11)25/h1-4,7-8,12-13,16-17,26-27H,5-6H2,(H2,21,22,23)/t12-,13+,16-,18-,32?/m0/s1. The first-order valence-corrected chi connectivity index (χ1v) is 12.2. The molecule has 0 bridgehead atoms. The molecule has 2 aliphatic rings. The van der Waals surface area contributed by atoms with E-state index in [0.717, 1.165) is 11.9 Å². The van der Waals surface area contributed by atoms with E-state index >= 15 is 0 Å². The van der Waals surface area contributed by atoms with E-state index in [1.54, 1.807) is 24.3 Å². The normalized spacial score (nSPS) is 31.6. The lowest BCUT2D eigenvalue weighted by atomic mass is 9.96. The van der Waals surface area contributed by atoms with Crippen LogP contribution in [0.25, 0.3) is 11.2 Å². The van der Waals surface area contributed by atoms with Gasteiger partial charge in [-0.05, 0) is 6.07 Å². The number of benzene rings is 1. The maximum atomic E-state index is 14.3. The van der Waals surface area contributed by atoms with Crippen molar-refractivity contribution in [3.05, 3.63) is 42.5 Å². The fourth-order valence-electron chi connectivity index (χ4n) is 3.70. The molecule has 0 aliphatic carbocycles. The number of nitrogens with two attached hydrogens (primary N) is 1. The lowest BCUT2D eigenvalue weighted by Crippen LogP contribution is -2.52. The molecule has 1 aromatic carbocycles. The number of anilines is 1. The number of ether oxygens (including phenoxy) is 1. The Hall–Kier alpha value is -2.32. The predicted molar refractivity (Wildman–Crippen MR) is 113 cm³/mol. The average Bonchev–Trinajstić information content (AvgIpc) is 3.33. The summed E-state index contributed by atoms with van der Waals surface area (Å²) in [5.74, 6) is 0.478. The number of imidazole rings is 1. The van der Waals surface area contributed by atoms with Crippen molar-refractivity contribution in [3.63, 3.8) is 0 Å². The molecule has 15 heteroatoms. The van der Waals surface area contributed by atoms with Gasteiger partial charge in [-0.25, -0.2) is 23.7 Å². The van der Waals surface area contributed by atoms with Crippen LogP contribution in [0.1, 0.15) is 11.8 Å². The first kappa shape index (κ1) is 22.5. The Labute approximate surface area is 190 Å². The Kier molecular flexibility index (Phi) is 5.56. The van der Waals surface area contributed by atoms with Crippen LogP contribution in [-0.2, 0) is 32.2 Å². The number of halogens is 2. The van der Waals surface area contributed by atoms with Crippen molar-refractivity contribution in [1.82, 2.24) is 19.5 Å². The second-order valence-electron chi connectivity index (χ2n) is 7.48. The third-order valence-corrected chi connectivity index (χ3v) is 7.66. The van der Waals surface area contributed by atoms with Crippen molar-refractivity contribution in [1.29, 1.82) is 0 Å².